The molecular formula is C15H20N6O. The van der Waals surface area contributed by atoms with Crippen LogP contribution in [0.1, 0.15) is 12.1 Å². The third-order valence-corrected chi connectivity index (χ3v) is 3.84. The summed E-state index contributed by atoms with van der Waals surface area (Å²) in [5.41, 5.74) is 0.902. The van der Waals surface area contributed by atoms with Crippen LogP contribution in [0.2, 0.25) is 0 Å². The first-order valence-corrected chi connectivity index (χ1v) is 7.34. The van der Waals surface area contributed by atoms with Crippen LogP contribution in [0.5, 0.6) is 0 Å². The number of anilines is 2. The van der Waals surface area contributed by atoms with Crippen LogP contribution in [-0.4, -0.2) is 52.3 Å². The lowest BCUT2D eigenvalue weighted by molar-refractivity contribution is 0.118. The molecule has 3 rings (SSSR count). The molecule has 2 aromatic heterocycles. The Balaban J connectivity index is 1.70. The van der Waals surface area contributed by atoms with Gasteiger partial charge < -0.3 is 15.0 Å². The highest BCUT2D eigenvalue weighted by Crippen LogP contribution is 2.25. The monoisotopic (exact) mass is 300 g/mol. The van der Waals surface area contributed by atoms with Crippen molar-refractivity contribution in [2.24, 2.45) is 0 Å². The zero-order chi connectivity index (χ0) is 15.4. The van der Waals surface area contributed by atoms with E-state index in [0.717, 1.165) is 36.8 Å². The quantitative estimate of drug-likeness (QED) is 0.891. The number of hydrogen-bond donors (Lipinski definition) is 1. The van der Waals surface area contributed by atoms with Crippen LogP contribution in [0.3, 0.4) is 0 Å². The van der Waals surface area contributed by atoms with Gasteiger partial charge in [0, 0.05) is 32.6 Å². The minimum atomic E-state index is 0.213. The van der Waals surface area contributed by atoms with E-state index >= 15 is 0 Å². The predicted molar refractivity (Wildman–Crippen MR) is 83.8 cm³/mol. The van der Waals surface area contributed by atoms with Gasteiger partial charge in [-0.05, 0) is 19.4 Å². The summed E-state index contributed by atoms with van der Waals surface area (Å²) >= 11 is 0. The van der Waals surface area contributed by atoms with Crippen LogP contribution < -0.4 is 10.2 Å². The molecule has 0 unspecified atom stereocenters. The van der Waals surface area contributed by atoms with Crippen LogP contribution in [0.15, 0.2) is 31.0 Å². The van der Waals surface area contributed by atoms with Gasteiger partial charge in [0.25, 0.3) is 0 Å². The number of aromatic nitrogens is 4. The van der Waals surface area contributed by atoms with E-state index in [0.29, 0.717) is 6.04 Å². The second-order valence-electron chi connectivity index (χ2n) is 5.39. The summed E-state index contributed by atoms with van der Waals surface area (Å²) in [7, 11) is 1.75. The highest BCUT2D eigenvalue weighted by Gasteiger charge is 2.32. The average Bonchev–Trinajstić information content (AvgIpc) is 2.97. The first-order valence-electron chi connectivity index (χ1n) is 7.34. The molecule has 116 valence electrons. The number of nitrogens with zero attached hydrogens (tertiary/aromatic N) is 5. The Labute approximate surface area is 129 Å². The van der Waals surface area contributed by atoms with Crippen LogP contribution in [0.25, 0.3) is 0 Å². The maximum absolute atomic E-state index is 5.52. The highest BCUT2D eigenvalue weighted by molar-refractivity contribution is 5.42. The van der Waals surface area contributed by atoms with Crippen LogP contribution in [0, 0.1) is 6.92 Å². The van der Waals surface area contributed by atoms with Gasteiger partial charge in [-0.2, -0.15) is 0 Å². The van der Waals surface area contributed by atoms with E-state index in [9.17, 15) is 0 Å². The van der Waals surface area contributed by atoms with E-state index in [-0.39, 0.29) is 6.10 Å². The van der Waals surface area contributed by atoms with E-state index in [4.69, 9.17) is 4.74 Å². The normalized spacial score (nSPS) is 21.1. The van der Waals surface area contributed by atoms with Crippen LogP contribution in [0.4, 0.5) is 11.6 Å². The maximum atomic E-state index is 5.52. The molecule has 22 heavy (non-hydrogen) atoms. The number of nitrogens with one attached hydrogen (secondary N) is 1. The van der Waals surface area contributed by atoms with Crippen LogP contribution >= 0.6 is 0 Å². The first-order chi connectivity index (χ1) is 10.8. The molecule has 2 atom stereocenters. The lowest BCUT2D eigenvalue weighted by Gasteiger charge is -2.25. The van der Waals surface area contributed by atoms with E-state index in [1.165, 1.54) is 0 Å². The van der Waals surface area contributed by atoms with Crippen molar-refractivity contribution in [2.75, 3.05) is 30.4 Å². The summed E-state index contributed by atoms with van der Waals surface area (Å²) in [4.78, 5) is 19.2. The minimum Gasteiger partial charge on any atom is -0.380 e. The van der Waals surface area contributed by atoms with Gasteiger partial charge in [0.15, 0.2) is 0 Å². The Bertz CT molecular complexity index is 608. The molecule has 7 nitrogen and oxygen atoms in total. The SMILES string of the molecule is CO[C@@H]1C[C@H](CNc2cncc(C)n2)N(c2ccncn2)C1. The summed E-state index contributed by atoms with van der Waals surface area (Å²) in [5, 5.41) is 3.36. The van der Waals surface area contributed by atoms with Crippen molar-refractivity contribution in [3.05, 3.63) is 36.7 Å². The Hall–Kier alpha value is -2.28. The summed E-state index contributed by atoms with van der Waals surface area (Å²) in [5.74, 6) is 1.72. The average molecular weight is 300 g/mol. The topological polar surface area (TPSA) is 76.1 Å². The van der Waals surface area contributed by atoms with Gasteiger partial charge >= 0.3 is 0 Å². The molecule has 0 aliphatic carbocycles. The van der Waals surface area contributed by atoms with Gasteiger partial charge in [-0.3, -0.25) is 4.98 Å². The standard InChI is InChI=1S/C15H20N6O/c1-11-6-17-8-14(20-11)18-7-12-5-13(22-2)9-21(12)15-3-4-16-10-19-15/h3-4,6,8,10,12-13H,5,7,9H2,1-2H3,(H,18,20)/t12-,13-/m1/s1. The fourth-order valence-corrected chi connectivity index (χ4v) is 2.74. The van der Waals surface area contributed by atoms with Gasteiger partial charge in [0.05, 0.1) is 24.0 Å². The fraction of sp³-hybridized carbons (Fsp3) is 0.467. The van der Waals surface area contributed by atoms with Crippen molar-refractivity contribution in [1.29, 1.82) is 0 Å². The van der Waals surface area contributed by atoms with Gasteiger partial charge in [0.1, 0.15) is 18.0 Å². The van der Waals surface area contributed by atoms with E-state index < -0.39 is 0 Å². The van der Waals surface area contributed by atoms with Crippen LogP contribution in [-0.2, 0) is 4.74 Å². The van der Waals surface area contributed by atoms with Crippen molar-refractivity contribution in [2.45, 2.75) is 25.5 Å². The molecule has 1 N–H and O–H groups in total. The minimum absolute atomic E-state index is 0.213. The van der Waals surface area contributed by atoms with Crippen molar-refractivity contribution < 1.29 is 4.74 Å². The zero-order valence-corrected chi connectivity index (χ0v) is 12.8. The predicted octanol–water partition coefficient (Wildman–Crippen LogP) is 1.28. The molecule has 2 aromatic rings. The summed E-state index contributed by atoms with van der Waals surface area (Å²) in [6, 6.07) is 2.22. The molecule has 0 spiro atoms. The molecule has 0 bridgehead atoms. The number of rotatable bonds is 5. The Morgan fingerprint density at radius 3 is 3.00 bits per heavy atom. The molecule has 1 aliphatic rings. The highest BCUT2D eigenvalue weighted by atomic mass is 16.5. The molecule has 1 aliphatic heterocycles. The number of hydrogen-bond acceptors (Lipinski definition) is 7. The Morgan fingerprint density at radius 2 is 2.27 bits per heavy atom. The molecule has 1 saturated heterocycles. The third kappa shape index (κ3) is 3.30. The maximum Gasteiger partial charge on any atom is 0.144 e. The lowest BCUT2D eigenvalue weighted by atomic mass is 10.2. The van der Waals surface area contributed by atoms with Crippen molar-refractivity contribution in [1.82, 2.24) is 19.9 Å². The van der Waals surface area contributed by atoms with Crippen molar-refractivity contribution in [3.63, 3.8) is 0 Å². The summed E-state index contributed by atoms with van der Waals surface area (Å²) in [6.07, 6.45) is 7.99. The summed E-state index contributed by atoms with van der Waals surface area (Å²) in [6.45, 7) is 3.53. The van der Waals surface area contributed by atoms with E-state index in [2.05, 4.69) is 30.2 Å². The molecule has 0 saturated carbocycles. The first kappa shape index (κ1) is 14.6. The number of aryl methyl sites for hydroxylation is 1. The van der Waals surface area contributed by atoms with Gasteiger partial charge in [-0.15, -0.1) is 0 Å². The van der Waals surface area contributed by atoms with Gasteiger partial charge in [-0.25, -0.2) is 15.0 Å². The lowest BCUT2D eigenvalue weighted by Crippen LogP contribution is -2.35. The largest absolute Gasteiger partial charge is 0.380 e. The third-order valence-electron chi connectivity index (χ3n) is 3.84. The molecule has 0 amide bonds. The molecule has 7 heteroatoms. The molecule has 1 fully saturated rings. The second kappa shape index (κ2) is 6.65. The Morgan fingerprint density at radius 1 is 1.36 bits per heavy atom. The number of ether oxygens (including phenoxy) is 1. The van der Waals surface area contributed by atoms with Gasteiger partial charge in [-0.1, -0.05) is 0 Å². The molecule has 0 aromatic carbocycles. The molecular weight excluding hydrogens is 280 g/mol. The number of methoxy groups -OCH3 is 1. The smallest absolute Gasteiger partial charge is 0.144 e. The summed E-state index contributed by atoms with van der Waals surface area (Å²) < 4.78 is 5.52. The fourth-order valence-electron chi connectivity index (χ4n) is 2.74. The van der Waals surface area contributed by atoms with Crippen molar-refractivity contribution in [3.8, 4) is 0 Å². The van der Waals surface area contributed by atoms with Crippen molar-refractivity contribution >= 4 is 11.6 Å². The van der Waals surface area contributed by atoms with E-state index in [1.54, 1.807) is 32.0 Å². The van der Waals surface area contributed by atoms with E-state index in [1.807, 2.05) is 13.0 Å². The zero-order valence-electron chi connectivity index (χ0n) is 12.8. The van der Waals surface area contributed by atoms with Gasteiger partial charge in [0.2, 0.25) is 0 Å². The Kier molecular flexibility index (Phi) is 4.43. The molecule has 3 heterocycles. The second-order valence-corrected chi connectivity index (χ2v) is 5.39. The molecule has 0 radical (unpaired) electrons.